The molecular weight excluding hydrogens is 255 g/mol. The van der Waals surface area contributed by atoms with Crippen LogP contribution in [-0.4, -0.2) is 16.7 Å². The van der Waals surface area contributed by atoms with E-state index in [0.29, 0.717) is 30.6 Å². The maximum absolute atomic E-state index is 13.0. The average Bonchev–Trinajstić information content (AvgIpc) is 2.83. The summed E-state index contributed by atoms with van der Waals surface area (Å²) in [5, 5.41) is 6.59. The van der Waals surface area contributed by atoms with Gasteiger partial charge in [0.2, 0.25) is 0 Å². The van der Waals surface area contributed by atoms with E-state index in [9.17, 15) is 13.2 Å². The third-order valence-corrected chi connectivity index (χ3v) is 2.87. The minimum atomic E-state index is -4.38. The molecule has 0 saturated carbocycles. The highest BCUT2D eigenvalue weighted by molar-refractivity contribution is 5.69. The zero-order chi connectivity index (χ0) is 13.9. The number of aromatic nitrogens is 2. The first-order valence-corrected chi connectivity index (χ1v) is 5.93. The molecule has 0 spiro atoms. The number of benzene rings is 1. The van der Waals surface area contributed by atoms with E-state index in [1.807, 2.05) is 0 Å². The Hall–Kier alpha value is -1.82. The molecule has 0 aliphatic carbocycles. The summed E-state index contributed by atoms with van der Waals surface area (Å²) in [7, 11) is 0. The van der Waals surface area contributed by atoms with Gasteiger partial charge in [0.25, 0.3) is 0 Å². The highest BCUT2D eigenvalue weighted by Crippen LogP contribution is 2.37. The number of aromatic amines is 1. The van der Waals surface area contributed by atoms with Gasteiger partial charge in [0.1, 0.15) is 0 Å². The molecule has 0 bridgehead atoms. The third-order valence-electron chi connectivity index (χ3n) is 2.87. The van der Waals surface area contributed by atoms with Gasteiger partial charge < -0.3 is 5.73 Å². The molecule has 0 saturated heterocycles. The highest BCUT2D eigenvalue weighted by atomic mass is 19.4. The summed E-state index contributed by atoms with van der Waals surface area (Å²) < 4.78 is 38.9. The number of H-pyrrole nitrogens is 1. The Balaban J connectivity index is 2.45. The predicted octanol–water partition coefficient (Wildman–Crippen LogP) is 2.99. The molecule has 0 amide bonds. The summed E-state index contributed by atoms with van der Waals surface area (Å²) in [6.07, 6.45) is -1.67. The molecule has 0 atom stereocenters. The van der Waals surface area contributed by atoms with Crippen LogP contribution in [-0.2, 0) is 12.6 Å². The van der Waals surface area contributed by atoms with Crippen LogP contribution < -0.4 is 5.73 Å². The van der Waals surface area contributed by atoms with Gasteiger partial charge in [0, 0.05) is 11.3 Å². The zero-order valence-electron chi connectivity index (χ0n) is 10.2. The van der Waals surface area contributed by atoms with Crippen LogP contribution >= 0.6 is 0 Å². The molecule has 1 heterocycles. The number of alkyl halides is 3. The number of aryl methyl sites for hydroxylation is 1. The van der Waals surface area contributed by atoms with Crippen LogP contribution in [0.1, 0.15) is 17.7 Å². The van der Waals surface area contributed by atoms with Crippen LogP contribution in [0.4, 0.5) is 13.2 Å². The van der Waals surface area contributed by atoms with Gasteiger partial charge in [-0.1, -0.05) is 18.2 Å². The number of nitrogens with two attached hydrogens (primary N) is 1. The molecule has 0 aliphatic rings. The SMILES string of the molecule is NCCCc1[nH]ncc1-c1ccccc1C(F)(F)F. The number of hydrogen-bond acceptors (Lipinski definition) is 2. The van der Waals surface area contributed by atoms with Gasteiger partial charge in [-0.2, -0.15) is 18.3 Å². The Morgan fingerprint density at radius 2 is 1.89 bits per heavy atom. The van der Waals surface area contributed by atoms with Crippen molar-refractivity contribution < 1.29 is 13.2 Å². The number of rotatable bonds is 4. The van der Waals surface area contributed by atoms with Crippen molar-refractivity contribution in [3.63, 3.8) is 0 Å². The van der Waals surface area contributed by atoms with E-state index in [0.717, 1.165) is 6.07 Å². The fourth-order valence-corrected chi connectivity index (χ4v) is 1.98. The van der Waals surface area contributed by atoms with Crippen molar-refractivity contribution in [2.45, 2.75) is 19.0 Å². The van der Waals surface area contributed by atoms with Crippen molar-refractivity contribution in [3.05, 3.63) is 41.7 Å². The lowest BCUT2D eigenvalue weighted by atomic mass is 9.98. The quantitative estimate of drug-likeness (QED) is 0.896. The lowest BCUT2D eigenvalue weighted by Crippen LogP contribution is -2.07. The molecule has 0 unspecified atom stereocenters. The number of halogens is 3. The summed E-state index contributed by atoms with van der Waals surface area (Å²) in [5.41, 5.74) is 6.09. The van der Waals surface area contributed by atoms with Gasteiger partial charge in [-0.25, -0.2) is 0 Å². The Kier molecular flexibility index (Phi) is 3.90. The zero-order valence-corrected chi connectivity index (χ0v) is 10.2. The summed E-state index contributed by atoms with van der Waals surface area (Å²) in [5.74, 6) is 0. The maximum atomic E-state index is 13.0. The molecule has 0 radical (unpaired) electrons. The fourth-order valence-electron chi connectivity index (χ4n) is 1.98. The first-order chi connectivity index (χ1) is 9.04. The molecule has 3 N–H and O–H groups in total. The van der Waals surface area contributed by atoms with Crippen LogP contribution in [0.2, 0.25) is 0 Å². The Bertz CT molecular complexity index is 546. The van der Waals surface area contributed by atoms with Crippen molar-refractivity contribution in [1.82, 2.24) is 10.2 Å². The van der Waals surface area contributed by atoms with Crippen molar-refractivity contribution in [1.29, 1.82) is 0 Å². The number of hydrogen-bond donors (Lipinski definition) is 2. The maximum Gasteiger partial charge on any atom is 0.417 e. The predicted molar refractivity (Wildman–Crippen MR) is 66.4 cm³/mol. The lowest BCUT2D eigenvalue weighted by Gasteiger charge is -2.12. The van der Waals surface area contributed by atoms with Gasteiger partial charge in [0.15, 0.2) is 0 Å². The van der Waals surface area contributed by atoms with Gasteiger partial charge in [-0.05, 0) is 31.0 Å². The van der Waals surface area contributed by atoms with Gasteiger partial charge in [-0.3, -0.25) is 5.10 Å². The minimum absolute atomic E-state index is 0.149. The topological polar surface area (TPSA) is 54.7 Å². The second-order valence-corrected chi connectivity index (χ2v) is 4.20. The summed E-state index contributed by atoms with van der Waals surface area (Å²) >= 11 is 0. The van der Waals surface area contributed by atoms with E-state index in [1.54, 1.807) is 6.07 Å². The van der Waals surface area contributed by atoms with Crippen LogP contribution in [0.5, 0.6) is 0 Å². The van der Waals surface area contributed by atoms with E-state index in [2.05, 4.69) is 10.2 Å². The van der Waals surface area contributed by atoms with Gasteiger partial charge >= 0.3 is 6.18 Å². The van der Waals surface area contributed by atoms with Crippen molar-refractivity contribution in [2.75, 3.05) is 6.54 Å². The van der Waals surface area contributed by atoms with Crippen molar-refractivity contribution >= 4 is 0 Å². The number of nitrogens with zero attached hydrogens (tertiary/aromatic N) is 1. The molecule has 1 aromatic heterocycles. The number of nitrogens with one attached hydrogen (secondary N) is 1. The summed E-state index contributed by atoms with van der Waals surface area (Å²) in [4.78, 5) is 0. The molecule has 102 valence electrons. The van der Waals surface area contributed by atoms with E-state index in [-0.39, 0.29) is 5.56 Å². The Morgan fingerprint density at radius 1 is 1.16 bits per heavy atom. The first kappa shape index (κ1) is 13.6. The molecule has 2 aromatic rings. The molecule has 0 aliphatic heterocycles. The van der Waals surface area contributed by atoms with E-state index in [1.165, 1.54) is 18.3 Å². The van der Waals surface area contributed by atoms with Crippen LogP contribution in [0, 0.1) is 0 Å². The van der Waals surface area contributed by atoms with Crippen molar-refractivity contribution in [3.8, 4) is 11.1 Å². The second kappa shape index (κ2) is 5.44. The van der Waals surface area contributed by atoms with Crippen LogP contribution in [0.3, 0.4) is 0 Å². The Morgan fingerprint density at radius 3 is 2.58 bits per heavy atom. The van der Waals surface area contributed by atoms with E-state index in [4.69, 9.17) is 5.73 Å². The standard InChI is InChI=1S/C13H14F3N3/c14-13(15,16)11-5-2-1-4-9(11)10-8-18-19-12(10)6-3-7-17/h1-2,4-5,8H,3,6-7,17H2,(H,18,19). The molecule has 6 heteroatoms. The lowest BCUT2D eigenvalue weighted by molar-refractivity contribution is -0.137. The second-order valence-electron chi connectivity index (χ2n) is 4.20. The van der Waals surface area contributed by atoms with Gasteiger partial charge in [-0.15, -0.1) is 0 Å². The normalized spacial score (nSPS) is 11.8. The van der Waals surface area contributed by atoms with E-state index >= 15 is 0 Å². The smallest absolute Gasteiger partial charge is 0.330 e. The molecule has 1 aromatic carbocycles. The molecule has 3 nitrogen and oxygen atoms in total. The Labute approximate surface area is 108 Å². The molecule has 19 heavy (non-hydrogen) atoms. The van der Waals surface area contributed by atoms with E-state index < -0.39 is 11.7 Å². The highest BCUT2D eigenvalue weighted by Gasteiger charge is 2.33. The largest absolute Gasteiger partial charge is 0.417 e. The monoisotopic (exact) mass is 269 g/mol. The minimum Gasteiger partial charge on any atom is -0.330 e. The first-order valence-electron chi connectivity index (χ1n) is 5.93. The van der Waals surface area contributed by atoms with Gasteiger partial charge in [0.05, 0.1) is 11.8 Å². The molecule has 2 rings (SSSR count). The third kappa shape index (κ3) is 2.96. The van der Waals surface area contributed by atoms with Crippen LogP contribution in [0.15, 0.2) is 30.5 Å². The average molecular weight is 269 g/mol. The fraction of sp³-hybridized carbons (Fsp3) is 0.308. The van der Waals surface area contributed by atoms with Crippen LogP contribution in [0.25, 0.3) is 11.1 Å². The molecule has 0 fully saturated rings. The summed E-state index contributed by atoms with van der Waals surface area (Å²) in [6.45, 7) is 0.485. The molecular formula is C13H14F3N3. The van der Waals surface area contributed by atoms with Crippen molar-refractivity contribution in [2.24, 2.45) is 5.73 Å². The summed E-state index contributed by atoms with van der Waals surface area (Å²) in [6, 6.07) is 5.50.